The minimum Gasteiger partial charge on any atom is -0.367 e. The first-order chi connectivity index (χ1) is 8.63. The summed E-state index contributed by atoms with van der Waals surface area (Å²) < 4.78 is 40.3. The standard InChI is InChI=1S/C10H5Cl4F3O2/c11-5-1-6(12)7(9(14)18)8(13)4(5)2-19-3-10(15,16)17/h1H,2-3H2. The van der Waals surface area contributed by atoms with Gasteiger partial charge in [0.05, 0.1) is 22.2 Å². The van der Waals surface area contributed by atoms with Crippen LogP contribution in [0.2, 0.25) is 15.1 Å². The van der Waals surface area contributed by atoms with Gasteiger partial charge in [0.15, 0.2) is 0 Å². The lowest BCUT2D eigenvalue weighted by atomic mass is 10.1. The van der Waals surface area contributed by atoms with Crippen molar-refractivity contribution in [3.63, 3.8) is 0 Å². The largest absolute Gasteiger partial charge is 0.411 e. The first-order valence-electron chi connectivity index (χ1n) is 4.64. The number of ether oxygens (including phenoxy) is 1. The van der Waals surface area contributed by atoms with Crippen molar-refractivity contribution in [1.29, 1.82) is 0 Å². The highest BCUT2D eigenvalue weighted by atomic mass is 35.5. The molecule has 106 valence electrons. The van der Waals surface area contributed by atoms with E-state index >= 15 is 0 Å². The molecule has 1 aromatic carbocycles. The van der Waals surface area contributed by atoms with Crippen molar-refractivity contribution in [3.8, 4) is 0 Å². The minimum atomic E-state index is -4.48. The molecule has 2 nitrogen and oxygen atoms in total. The van der Waals surface area contributed by atoms with E-state index in [1.165, 1.54) is 0 Å². The van der Waals surface area contributed by atoms with Gasteiger partial charge in [0.25, 0.3) is 5.24 Å². The first-order valence-corrected chi connectivity index (χ1v) is 6.15. The summed E-state index contributed by atoms with van der Waals surface area (Å²) in [4.78, 5) is 11.1. The fourth-order valence-electron chi connectivity index (χ4n) is 1.21. The SMILES string of the molecule is O=C(Cl)c1c(Cl)cc(Cl)c(COCC(F)(F)F)c1Cl. The van der Waals surface area contributed by atoms with Gasteiger partial charge in [-0.2, -0.15) is 13.2 Å². The highest BCUT2D eigenvalue weighted by molar-refractivity contribution is 6.70. The molecule has 9 heteroatoms. The summed E-state index contributed by atoms with van der Waals surface area (Å²) in [5, 5.41) is -1.27. The lowest BCUT2D eigenvalue weighted by Gasteiger charge is -2.12. The molecule has 0 aliphatic rings. The molecule has 0 aromatic heterocycles. The van der Waals surface area contributed by atoms with Crippen LogP contribution in [0.15, 0.2) is 6.07 Å². The van der Waals surface area contributed by atoms with Crippen molar-refractivity contribution >= 4 is 51.6 Å². The summed E-state index contributed by atoms with van der Waals surface area (Å²) in [7, 11) is 0. The van der Waals surface area contributed by atoms with E-state index in [1.54, 1.807) is 0 Å². The zero-order chi connectivity index (χ0) is 14.8. The van der Waals surface area contributed by atoms with Crippen molar-refractivity contribution in [3.05, 3.63) is 32.3 Å². The quantitative estimate of drug-likeness (QED) is 0.702. The number of alkyl halides is 3. The zero-order valence-electron chi connectivity index (χ0n) is 8.95. The minimum absolute atomic E-state index is 0.0148. The molecule has 0 N–H and O–H groups in total. The number of benzene rings is 1. The fraction of sp³-hybridized carbons (Fsp3) is 0.300. The van der Waals surface area contributed by atoms with Gasteiger partial charge in [0.2, 0.25) is 0 Å². The van der Waals surface area contributed by atoms with Crippen LogP contribution in [0, 0.1) is 0 Å². The van der Waals surface area contributed by atoms with Gasteiger partial charge in [-0.25, -0.2) is 0 Å². The molecule has 0 amide bonds. The topological polar surface area (TPSA) is 26.3 Å². The number of rotatable bonds is 4. The van der Waals surface area contributed by atoms with Crippen LogP contribution in [-0.4, -0.2) is 18.0 Å². The van der Waals surface area contributed by atoms with Crippen LogP contribution in [0.4, 0.5) is 13.2 Å². The van der Waals surface area contributed by atoms with Gasteiger partial charge in [-0.05, 0) is 17.7 Å². The Labute approximate surface area is 126 Å². The summed E-state index contributed by atoms with van der Waals surface area (Å²) >= 11 is 22.6. The summed E-state index contributed by atoms with van der Waals surface area (Å²) in [6.07, 6.45) is -4.48. The van der Waals surface area contributed by atoms with Gasteiger partial charge >= 0.3 is 6.18 Å². The van der Waals surface area contributed by atoms with Crippen LogP contribution < -0.4 is 0 Å². The molecule has 1 aromatic rings. The van der Waals surface area contributed by atoms with Gasteiger partial charge < -0.3 is 4.74 Å². The Kier molecular flexibility index (Phi) is 5.77. The second-order valence-corrected chi connectivity index (χ2v) is 4.93. The number of carbonyl (C=O) groups is 1. The van der Waals surface area contributed by atoms with Crippen LogP contribution in [0.25, 0.3) is 0 Å². The van der Waals surface area contributed by atoms with Crippen molar-refractivity contribution in [2.75, 3.05) is 6.61 Å². The van der Waals surface area contributed by atoms with Crippen LogP contribution >= 0.6 is 46.4 Å². The first kappa shape index (κ1) is 16.9. The highest BCUT2D eigenvalue weighted by Gasteiger charge is 2.28. The Bertz CT molecular complexity index is 503. The molecular weight excluding hydrogens is 351 g/mol. The Morgan fingerprint density at radius 1 is 1.21 bits per heavy atom. The van der Waals surface area contributed by atoms with Crippen LogP contribution in [0.5, 0.6) is 0 Å². The molecule has 0 heterocycles. The van der Waals surface area contributed by atoms with E-state index < -0.39 is 24.6 Å². The molecule has 0 aliphatic heterocycles. The Balaban J connectivity index is 3.01. The van der Waals surface area contributed by atoms with Crippen LogP contribution in [0.1, 0.15) is 15.9 Å². The Morgan fingerprint density at radius 2 is 1.79 bits per heavy atom. The molecule has 0 unspecified atom stereocenters. The third-order valence-corrected chi connectivity index (χ3v) is 3.22. The maximum Gasteiger partial charge on any atom is 0.411 e. The third-order valence-electron chi connectivity index (χ3n) is 1.97. The predicted octanol–water partition coefficient (Wildman–Crippen LogP) is 5.10. The molecule has 19 heavy (non-hydrogen) atoms. The summed E-state index contributed by atoms with van der Waals surface area (Å²) in [5.41, 5.74) is -0.207. The average molecular weight is 356 g/mol. The lowest BCUT2D eigenvalue weighted by Crippen LogP contribution is -2.17. The zero-order valence-corrected chi connectivity index (χ0v) is 12.0. The summed E-state index contributed by atoms with van der Waals surface area (Å²) in [6, 6.07) is 1.16. The summed E-state index contributed by atoms with van der Waals surface area (Å²) in [6.45, 7) is -1.99. The van der Waals surface area contributed by atoms with Crippen molar-refractivity contribution in [2.45, 2.75) is 12.8 Å². The van der Waals surface area contributed by atoms with Gasteiger partial charge in [0.1, 0.15) is 6.61 Å². The van der Waals surface area contributed by atoms with E-state index in [0.717, 1.165) is 6.07 Å². The lowest BCUT2D eigenvalue weighted by molar-refractivity contribution is -0.176. The van der Waals surface area contributed by atoms with Crippen molar-refractivity contribution in [1.82, 2.24) is 0 Å². The Hall–Kier alpha value is -0.200. The number of hydrogen-bond donors (Lipinski definition) is 0. The van der Waals surface area contributed by atoms with E-state index in [2.05, 4.69) is 4.74 Å². The summed E-state index contributed by atoms with van der Waals surface area (Å²) in [5.74, 6) is 0. The van der Waals surface area contributed by atoms with Crippen molar-refractivity contribution < 1.29 is 22.7 Å². The monoisotopic (exact) mass is 354 g/mol. The smallest absolute Gasteiger partial charge is 0.367 e. The van der Waals surface area contributed by atoms with Gasteiger partial charge in [-0.15, -0.1) is 0 Å². The molecule has 0 atom stereocenters. The molecule has 1 rings (SSSR count). The van der Waals surface area contributed by atoms with E-state index in [0.29, 0.717) is 0 Å². The molecular formula is C10H5Cl4F3O2. The molecule has 0 bridgehead atoms. The number of carbonyl (C=O) groups excluding carboxylic acids is 1. The molecule has 0 radical (unpaired) electrons. The maximum atomic E-state index is 11.9. The highest BCUT2D eigenvalue weighted by Crippen LogP contribution is 2.35. The molecule has 0 fully saturated rings. The van der Waals surface area contributed by atoms with E-state index in [9.17, 15) is 18.0 Å². The van der Waals surface area contributed by atoms with Crippen molar-refractivity contribution in [2.24, 2.45) is 0 Å². The molecule has 0 spiro atoms. The predicted molar refractivity (Wildman–Crippen MR) is 67.4 cm³/mol. The van der Waals surface area contributed by atoms with Gasteiger partial charge in [0, 0.05) is 10.6 Å². The van der Waals surface area contributed by atoms with Crippen LogP contribution in [-0.2, 0) is 11.3 Å². The number of halogens is 7. The Morgan fingerprint density at radius 3 is 2.26 bits per heavy atom. The number of hydrogen-bond acceptors (Lipinski definition) is 2. The average Bonchev–Trinajstić information content (AvgIpc) is 2.20. The molecule has 0 saturated carbocycles. The molecule has 0 aliphatic carbocycles. The second-order valence-electron chi connectivity index (χ2n) is 3.39. The van der Waals surface area contributed by atoms with Gasteiger partial charge in [-0.3, -0.25) is 4.79 Å². The maximum absolute atomic E-state index is 11.9. The third kappa shape index (κ3) is 4.68. The van der Waals surface area contributed by atoms with E-state index in [4.69, 9.17) is 46.4 Å². The van der Waals surface area contributed by atoms with Gasteiger partial charge in [-0.1, -0.05) is 34.8 Å². The van der Waals surface area contributed by atoms with Crippen LogP contribution in [0.3, 0.4) is 0 Å². The normalized spacial score (nSPS) is 11.7. The second kappa shape index (κ2) is 6.50. The van der Waals surface area contributed by atoms with E-state index in [-0.39, 0.29) is 26.2 Å². The van der Waals surface area contributed by atoms with E-state index in [1.807, 2.05) is 0 Å². The fourth-order valence-corrected chi connectivity index (χ4v) is 2.55. The molecule has 0 saturated heterocycles.